The zero-order chi connectivity index (χ0) is 14.8. The lowest BCUT2D eigenvalue weighted by Gasteiger charge is -2.19. The van der Waals surface area contributed by atoms with Gasteiger partial charge in [-0.2, -0.15) is 0 Å². The van der Waals surface area contributed by atoms with E-state index in [1.807, 2.05) is 18.2 Å². The Morgan fingerprint density at radius 3 is 2.43 bits per heavy atom. The van der Waals surface area contributed by atoms with Crippen LogP contribution in [-0.4, -0.2) is 18.2 Å². The molecule has 0 aliphatic carbocycles. The van der Waals surface area contributed by atoms with E-state index in [9.17, 15) is 4.39 Å². The van der Waals surface area contributed by atoms with Crippen LogP contribution in [0.1, 0.15) is 5.56 Å². The Balaban J connectivity index is 1.83. The fourth-order valence-electron chi connectivity index (χ4n) is 2.08. The normalized spacial score (nSPS) is 12.8. The molecule has 0 aromatic heterocycles. The van der Waals surface area contributed by atoms with E-state index in [4.69, 9.17) is 27.4 Å². The van der Waals surface area contributed by atoms with Gasteiger partial charge >= 0.3 is 0 Å². The molecule has 6 heteroatoms. The molecule has 21 heavy (non-hydrogen) atoms. The largest absolute Gasteiger partial charge is 0.486 e. The Morgan fingerprint density at radius 2 is 1.71 bits per heavy atom. The van der Waals surface area contributed by atoms with Crippen LogP contribution in [0.15, 0.2) is 36.4 Å². The first-order chi connectivity index (χ1) is 10.1. The molecule has 0 saturated heterocycles. The number of anilines is 2. The van der Waals surface area contributed by atoms with Gasteiger partial charge in [-0.25, -0.2) is 4.39 Å². The molecule has 0 bridgehead atoms. The number of benzene rings is 2. The molecule has 0 atom stereocenters. The number of nitrogens with two attached hydrogens (primary N) is 1. The summed E-state index contributed by atoms with van der Waals surface area (Å²) in [6.45, 7) is 1.07. The van der Waals surface area contributed by atoms with Gasteiger partial charge < -0.3 is 20.5 Å². The molecule has 0 radical (unpaired) electrons. The summed E-state index contributed by atoms with van der Waals surface area (Å²) in [5.41, 5.74) is 7.05. The Bertz CT molecular complexity index is 706. The third-order valence-electron chi connectivity index (χ3n) is 3.07. The lowest BCUT2D eigenvalue weighted by molar-refractivity contribution is 0.171. The van der Waals surface area contributed by atoms with Crippen LogP contribution in [0.4, 0.5) is 15.8 Å². The van der Waals surface area contributed by atoms with Crippen molar-refractivity contribution in [1.82, 2.24) is 0 Å². The molecular formula is C15H13FN2O2S. The van der Waals surface area contributed by atoms with Gasteiger partial charge in [-0.3, -0.25) is 0 Å². The van der Waals surface area contributed by atoms with E-state index in [1.54, 1.807) is 12.1 Å². The van der Waals surface area contributed by atoms with Crippen molar-refractivity contribution in [3.63, 3.8) is 0 Å². The molecular weight excluding hydrogens is 291 g/mol. The maximum Gasteiger partial charge on any atom is 0.163 e. The third-order valence-corrected chi connectivity index (χ3v) is 3.29. The van der Waals surface area contributed by atoms with Crippen molar-refractivity contribution in [2.24, 2.45) is 5.73 Å². The topological polar surface area (TPSA) is 56.5 Å². The highest BCUT2D eigenvalue weighted by atomic mass is 32.1. The summed E-state index contributed by atoms with van der Waals surface area (Å²) in [6.07, 6.45) is 0. The average Bonchev–Trinajstić information content (AvgIpc) is 2.47. The van der Waals surface area contributed by atoms with E-state index >= 15 is 0 Å². The Labute approximate surface area is 126 Å². The molecule has 0 amide bonds. The van der Waals surface area contributed by atoms with Crippen molar-refractivity contribution in [2.45, 2.75) is 0 Å². The first kappa shape index (κ1) is 13.6. The number of hydrogen-bond donors (Lipinski definition) is 2. The third kappa shape index (κ3) is 2.90. The highest BCUT2D eigenvalue weighted by molar-refractivity contribution is 7.80. The summed E-state index contributed by atoms with van der Waals surface area (Å²) in [5, 5.41) is 3.10. The predicted octanol–water partition coefficient (Wildman–Crippen LogP) is 2.97. The van der Waals surface area contributed by atoms with E-state index in [-0.39, 0.29) is 10.6 Å². The van der Waals surface area contributed by atoms with Crippen molar-refractivity contribution < 1.29 is 13.9 Å². The first-order valence-electron chi connectivity index (χ1n) is 6.39. The molecule has 2 aromatic carbocycles. The fourth-order valence-corrected chi connectivity index (χ4v) is 2.25. The van der Waals surface area contributed by atoms with Gasteiger partial charge in [0.25, 0.3) is 0 Å². The van der Waals surface area contributed by atoms with Gasteiger partial charge in [-0.05, 0) is 30.3 Å². The predicted molar refractivity (Wildman–Crippen MR) is 83.0 cm³/mol. The molecule has 1 aliphatic heterocycles. The maximum absolute atomic E-state index is 13.8. The molecule has 2 aromatic rings. The summed E-state index contributed by atoms with van der Waals surface area (Å²) in [5.74, 6) is 0.929. The summed E-state index contributed by atoms with van der Waals surface area (Å²) < 4.78 is 24.8. The molecule has 0 fully saturated rings. The number of hydrogen-bond acceptors (Lipinski definition) is 4. The number of halogens is 1. The molecule has 1 heterocycles. The Morgan fingerprint density at radius 1 is 1.05 bits per heavy atom. The minimum absolute atomic E-state index is 0.0402. The minimum atomic E-state index is -0.454. The van der Waals surface area contributed by atoms with Gasteiger partial charge in [0.1, 0.15) is 24.0 Å². The van der Waals surface area contributed by atoms with E-state index in [0.29, 0.717) is 30.4 Å². The van der Waals surface area contributed by atoms with Crippen molar-refractivity contribution in [3.05, 3.63) is 47.8 Å². The molecule has 4 nitrogen and oxygen atoms in total. The SMILES string of the molecule is NC(=S)c1ccc(Nc2ccc3c(c2)OCCO3)cc1F. The molecule has 0 spiro atoms. The zero-order valence-electron chi connectivity index (χ0n) is 11.1. The van der Waals surface area contributed by atoms with E-state index in [1.165, 1.54) is 6.07 Å². The zero-order valence-corrected chi connectivity index (χ0v) is 11.9. The summed E-state index contributed by atoms with van der Waals surface area (Å²) >= 11 is 4.78. The van der Waals surface area contributed by atoms with Crippen molar-refractivity contribution >= 4 is 28.6 Å². The summed E-state index contributed by atoms with van der Waals surface area (Å²) in [4.78, 5) is 0.0402. The number of thiocarbonyl (C=S) groups is 1. The molecule has 108 valence electrons. The van der Waals surface area contributed by atoms with Gasteiger partial charge in [0.05, 0.1) is 0 Å². The van der Waals surface area contributed by atoms with Gasteiger partial charge in [-0.15, -0.1) is 0 Å². The number of nitrogens with one attached hydrogen (secondary N) is 1. The van der Waals surface area contributed by atoms with Crippen molar-refractivity contribution in [1.29, 1.82) is 0 Å². The van der Waals surface area contributed by atoms with E-state index in [2.05, 4.69) is 5.32 Å². The van der Waals surface area contributed by atoms with Gasteiger partial charge in [-0.1, -0.05) is 12.2 Å². The van der Waals surface area contributed by atoms with Crippen LogP contribution in [0.25, 0.3) is 0 Å². The van der Waals surface area contributed by atoms with Crippen LogP contribution < -0.4 is 20.5 Å². The van der Waals surface area contributed by atoms with E-state index < -0.39 is 5.82 Å². The Kier molecular flexibility index (Phi) is 3.62. The van der Waals surface area contributed by atoms with Gasteiger partial charge in [0.2, 0.25) is 0 Å². The summed E-state index contributed by atoms with van der Waals surface area (Å²) in [6, 6.07) is 10.1. The van der Waals surface area contributed by atoms with Crippen LogP contribution in [0.2, 0.25) is 0 Å². The second kappa shape index (κ2) is 5.57. The fraction of sp³-hybridized carbons (Fsp3) is 0.133. The smallest absolute Gasteiger partial charge is 0.163 e. The lowest BCUT2D eigenvalue weighted by atomic mass is 10.2. The van der Waals surface area contributed by atoms with Gasteiger partial charge in [0, 0.05) is 23.0 Å². The Hall–Kier alpha value is -2.34. The highest BCUT2D eigenvalue weighted by Crippen LogP contribution is 2.33. The summed E-state index contributed by atoms with van der Waals surface area (Å²) in [7, 11) is 0. The van der Waals surface area contributed by atoms with Crippen LogP contribution in [-0.2, 0) is 0 Å². The quantitative estimate of drug-likeness (QED) is 0.854. The number of rotatable bonds is 3. The van der Waals surface area contributed by atoms with Gasteiger partial charge in [0.15, 0.2) is 11.5 Å². The second-order valence-corrected chi connectivity index (χ2v) is 4.98. The molecule has 3 rings (SSSR count). The van der Waals surface area contributed by atoms with Crippen molar-refractivity contribution in [3.8, 4) is 11.5 Å². The molecule has 0 unspecified atom stereocenters. The average molecular weight is 304 g/mol. The van der Waals surface area contributed by atoms with Crippen LogP contribution in [0.3, 0.4) is 0 Å². The van der Waals surface area contributed by atoms with Crippen LogP contribution >= 0.6 is 12.2 Å². The second-order valence-electron chi connectivity index (χ2n) is 4.54. The lowest BCUT2D eigenvalue weighted by Crippen LogP contribution is -2.15. The monoisotopic (exact) mass is 304 g/mol. The van der Waals surface area contributed by atoms with E-state index in [0.717, 1.165) is 5.69 Å². The minimum Gasteiger partial charge on any atom is -0.486 e. The number of ether oxygens (including phenoxy) is 2. The molecule has 0 saturated carbocycles. The molecule has 3 N–H and O–H groups in total. The maximum atomic E-state index is 13.8. The molecule has 1 aliphatic rings. The first-order valence-corrected chi connectivity index (χ1v) is 6.80. The standard InChI is InChI=1S/C15H13FN2O2S/c16-12-7-9(1-3-11(12)15(17)21)18-10-2-4-13-14(8-10)20-6-5-19-13/h1-4,7-8,18H,5-6H2,(H2,17,21). The highest BCUT2D eigenvalue weighted by Gasteiger charge is 2.12. The van der Waals surface area contributed by atoms with Crippen LogP contribution in [0, 0.1) is 5.82 Å². The number of fused-ring (bicyclic) bond motifs is 1. The van der Waals surface area contributed by atoms with Crippen molar-refractivity contribution in [2.75, 3.05) is 18.5 Å². The van der Waals surface area contributed by atoms with Crippen LogP contribution in [0.5, 0.6) is 11.5 Å².